The average molecular weight is 246 g/mol. The van der Waals surface area contributed by atoms with Gasteiger partial charge in [-0.3, -0.25) is 10.1 Å². The van der Waals surface area contributed by atoms with Gasteiger partial charge in [-0.15, -0.1) is 0 Å². The average Bonchev–Trinajstić information content (AvgIpc) is 2.31. The third-order valence-electron chi connectivity index (χ3n) is 3.11. The first-order chi connectivity index (χ1) is 7.99. The standard InChI is InChI=1S/C11H22N2O4/c1-3-4-5-12-11(17)7-9(15)10(16)8(14)6(2)13-7/h6-10,13-16H,3-5H2,1-2H3,(H,12,17)/t6-,7-,8+,9+,10-/m1/s1. The topological polar surface area (TPSA) is 102 Å². The summed E-state index contributed by atoms with van der Waals surface area (Å²) in [6.07, 6.45) is -1.81. The van der Waals surface area contributed by atoms with Gasteiger partial charge in [0.2, 0.25) is 5.91 Å². The van der Waals surface area contributed by atoms with Crippen LogP contribution in [0.25, 0.3) is 0 Å². The van der Waals surface area contributed by atoms with E-state index in [0.717, 1.165) is 12.8 Å². The van der Waals surface area contributed by atoms with Crippen molar-refractivity contribution in [1.29, 1.82) is 0 Å². The van der Waals surface area contributed by atoms with Gasteiger partial charge in [0.05, 0.1) is 6.10 Å². The van der Waals surface area contributed by atoms with Crippen LogP contribution in [0.1, 0.15) is 26.7 Å². The molecular formula is C11H22N2O4. The van der Waals surface area contributed by atoms with Crippen molar-refractivity contribution in [2.75, 3.05) is 6.54 Å². The number of amides is 1. The summed E-state index contributed by atoms with van der Waals surface area (Å²) in [6, 6.07) is -1.31. The van der Waals surface area contributed by atoms with Crippen LogP contribution in [0.4, 0.5) is 0 Å². The van der Waals surface area contributed by atoms with Gasteiger partial charge in [-0.05, 0) is 13.3 Å². The molecule has 0 radical (unpaired) electrons. The molecule has 5 N–H and O–H groups in total. The number of hydrogen-bond acceptors (Lipinski definition) is 5. The minimum absolute atomic E-state index is 0.344. The van der Waals surface area contributed by atoms with Crippen molar-refractivity contribution in [3.8, 4) is 0 Å². The molecule has 1 heterocycles. The zero-order chi connectivity index (χ0) is 13.0. The molecule has 0 aliphatic carbocycles. The molecule has 17 heavy (non-hydrogen) atoms. The first kappa shape index (κ1) is 14.4. The Bertz CT molecular complexity index is 262. The van der Waals surface area contributed by atoms with Gasteiger partial charge < -0.3 is 20.6 Å². The van der Waals surface area contributed by atoms with E-state index in [4.69, 9.17) is 0 Å². The molecule has 1 rings (SSSR count). The Labute approximate surface area is 101 Å². The second-order valence-corrected chi connectivity index (χ2v) is 4.55. The maximum absolute atomic E-state index is 11.8. The number of unbranched alkanes of at least 4 members (excludes halogenated alkanes) is 1. The predicted octanol–water partition coefficient (Wildman–Crippen LogP) is -1.65. The highest BCUT2D eigenvalue weighted by atomic mass is 16.4. The fraction of sp³-hybridized carbons (Fsp3) is 0.909. The zero-order valence-corrected chi connectivity index (χ0v) is 10.3. The molecular weight excluding hydrogens is 224 g/mol. The Morgan fingerprint density at radius 2 is 1.88 bits per heavy atom. The van der Waals surface area contributed by atoms with Crippen LogP contribution in [-0.4, -0.2) is 58.2 Å². The normalized spacial score (nSPS) is 37.8. The smallest absolute Gasteiger partial charge is 0.239 e. The molecule has 0 spiro atoms. The van der Waals surface area contributed by atoms with Crippen molar-refractivity contribution in [3.05, 3.63) is 0 Å². The zero-order valence-electron chi connectivity index (χ0n) is 10.3. The number of rotatable bonds is 4. The van der Waals surface area contributed by atoms with Gasteiger partial charge >= 0.3 is 0 Å². The fourth-order valence-electron chi connectivity index (χ4n) is 1.90. The van der Waals surface area contributed by atoms with E-state index in [1.807, 2.05) is 6.92 Å². The molecule has 1 amide bonds. The molecule has 100 valence electrons. The molecule has 0 aromatic carbocycles. The summed E-state index contributed by atoms with van der Waals surface area (Å²) in [5, 5.41) is 34.3. The van der Waals surface area contributed by atoms with Gasteiger partial charge in [0.25, 0.3) is 0 Å². The third-order valence-corrected chi connectivity index (χ3v) is 3.11. The largest absolute Gasteiger partial charge is 0.389 e. The lowest BCUT2D eigenvalue weighted by molar-refractivity contribution is -0.142. The molecule has 1 aliphatic rings. The number of carbonyl (C=O) groups is 1. The van der Waals surface area contributed by atoms with E-state index >= 15 is 0 Å². The van der Waals surface area contributed by atoms with Crippen molar-refractivity contribution in [2.45, 2.75) is 57.1 Å². The third kappa shape index (κ3) is 3.38. The number of nitrogens with one attached hydrogen (secondary N) is 2. The van der Waals surface area contributed by atoms with Crippen molar-refractivity contribution in [3.63, 3.8) is 0 Å². The van der Waals surface area contributed by atoms with Crippen molar-refractivity contribution >= 4 is 5.91 Å². The van der Waals surface area contributed by atoms with Gasteiger partial charge in [-0.1, -0.05) is 13.3 Å². The lowest BCUT2D eigenvalue weighted by Crippen LogP contribution is -2.67. The van der Waals surface area contributed by atoms with Crippen molar-refractivity contribution in [1.82, 2.24) is 10.6 Å². The van der Waals surface area contributed by atoms with E-state index in [-0.39, 0.29) is 5.91 Å². The van der Waals surface area contributed by atoms with Crippen LogP contribution in [0, 0.1) is 0 Å². The van der Waals surface area contributed by atoms with Crippen LogP contribution in [0.15, 0.2) is 0 Å². The summed E-state index contributed by atoms with van der Waals surface area (Å²) in [5.74, 6) is -0.344. The Balaban J connectivity index is 2.54. The van der Waals surface area contributed by atoms with E-state index in [9.17, 15) is 20.1 Å². The van der Waals surface area contributed by atoms with Crippen molar-refractivity contribution in [2.24, 2.45) is 0 Å². The van der Waals surface area contributed by atoms with Crippen LogP contribution >= 0.6 is 0 Å². The second kappa shape index (κ2) is 6.30. The number of hydrogen-bond donors (Lipinski definition) is 5. The van der Waals surface area contributed by atoms with E-state index in [1.165, 1.54) is 0 Å². The first-order valence-electron chi connectivity index (χ1n) is 6.07. The predicted molar refractivity (Wildman–Crippen MR) is 62.3 cm³/mol. The minimum Gasteiger partial charge on any atom is -0.389 e. The quantitative estimate of drug-likeness (QED) is 0.382. The Hall–Kier alpha value is -0.690. The number of aliphatic hydroxyl groups excluding tert-OH is 3. The Morgan fingerprint density at radius 3 is 2.47 bits per heavy atom. The maximum atomic E-state index is 11.8. The molecule has 1 fully saturated rings. The van der Waals surface area contributed by atoms with E-state index in [2.05, 4.69) is 10.6 Å². The highest BCUT2D eigenvalue weighted by Crippen LogP contribution is 2.15. The summed E-state index contributed by atoms with van der Waals surface area (Å²) >= 11 is 0. The molecule has 1 saturated heterocycles. The van der Waals surface area contributed by atoms with Gasteiger partial charge in [-0.2, -0.15) is 0 Å². The lowest BCUT2D eigenvalue weighted by Gasteiger charge is -2.39. The highest BCUT2D eigenvalue weighted by Gasteiger charge is 2.43. The Kier molecular flexibility index (Phi) is 5.32. The molecule has 5 atom stereocenters. The number of piperidine rings is 1. The lowest BCUT2D eigenvalue weighted by atomic mass is 9.90. The molecule has 0 aromatic rings. The van der Waals surface area contributed by atoms with Gasteiger partial charge in [0, 0.05) is 12.6 Å². The molecule has 6 heteroatoms. The second-order valence-electron chi connectivity index (χ2n) is 4.55. The van der Waals surface area contributed by atoms with Crippen molar-refractivity contribution < 1.29 is 20.1 Å². The maximum Gasteiger partial charge on any atom is 0.239 e. The molecule has 6 nitrogen and oxygen atoms in total. The number of aliphatic hydroxyl groups is 3. The molecule has 0 unspecified atom stereocenters. The summed E-state index contributed by atoms with van der Waals surface area (Å²) in [7, 11) is 0. The van der Waals surface area contributed by atoms with Crippen LogP contribution in [0.2, 0.25) is 0 Å². The molecule has 0 bridgehead atoms. The van der Waals surface area contributed by atoms with Gasteiger partial charge in [0.15, 0.2) is 0 Å². The highest BCUT2D eigenvalue weighted by molar-refractivity contribution is 5.82. The summed E-state index contributed by atoms with van der Waals surface area (Å²) < 4.78 is 0. The van der Waals surface area contributed by atoms with Crippen LogP contribution in [0.3, 0.4) is 0 Å². The van der Waals surface area contributed by atoms with Gasteiger partial charge in [0.1, 0.15) is 18.2 Å². The van der Waals surface area contributed by atoms with E-state index in [0.29, 0.717) is 6.54 Å². The fourth-order valence-corrected chi connectivity index (χ4v) is 1.90. The van der Waals surface area contributed by atoms with E-state index in [1.54, 1.807) is 6.92 Å². The number of carbonyl (C=O) groups excluding carboxylic acids is 1. The SMILES string of the molecule is CCCCNC(=O)[C@@H]1N[C@H](C)[C@H](O)[C@@H](O)[C@H]1O. The summed E-state index contributed by atoms with van der Waals surface area (Å²) in [4.78, 5) is 11.8. The van der Waals surface area contributed by atoms with Crippen LogP contribution < -0.4 is 10.6 Å². The molecule has 0 aromatic heterocycles. The van der Waals surface area contributed by atoms with E-state index < -0.39 is 30.4 Å². The minimum atomic E-state index is -1.30. The molecule has 0 saturated carbocycles. The summed E-state index contributed by atoms with van der Waals surface area (Å²) in [6.45, 7) is 4.22. The van der Waals surface area contributed by atoms with Crippen LogP contribution in [-0.2, 0) is 4.79 Å². The van der Waals surface area contributed by atoms with Gasteiger partial charge in [-0.25, -0.2) is 0 Å². The van der Waals surface area contributed by atoms with Crippen LogP contribution in [0.5, 0.6) is 0 Å². The summed E-state index contributed by atoms with van der Waals surface area (Å²) in [5.41, 5.74) is 0. The monoisotopic (exact) mass is 246 g/mol. The Morgan fingerprint density at radius 1 is 1.24 bits per heavy atom. The first-order valence-corrected chi connectivity index (χ1v) is 6.07. The molecule has 1 aliphatic heterocycles.